The lowest BCUT2D eigenvalue weighted by atomic mass is 9.95. The molecule has 1 atom stereocenters. The second-order valence-electron chi connectivity index (χ2n) is 8.87. The second-order valence-corrected chi connectivity index (χ2v) is 10.2. The molecule has 2 N–H and O–H groups in total. The number of ether oxygens (including phenoxy) is 1. The number of aromatic nitrogens is 5. The lowest BCUT2D eigenvalue weighted by molar-refractivity contribution is 0.330. The Morgan fingerprint density at radius 2 is 1.97 bits per heavy atom. The Bertz CT molecular complexity index is 1360. The summed E-state index contributed by atoms with van der Waals surface area (Å²) >= 11 is 1.59. The van der Waals surface area contributed by atoms with Crippen LogP contribution in [0.1, 0.15) is 62.0 Å². The van der Waals surface area contributed by atoms with Crippen LogP contribution in [0.3, 0.4) is 0 Å². The van der Waals surface area contributed by atoms with Crippen molar-refractivity contribution >= 4 is 28.4 Å². The predicted octanol–water partition coefficient (Wildman–Crippen LogP) is 5.49. The quantitative estimate of drug-likeness (QED) is 0.315. The van der Waals surface area contributed by atoms with E-state index in [4.69, 9.17) is 9.72 Å². The highest BCUT2D eigenvalue weighted by Crippen LogP contribution is 2.37. The molecule has 35 heavy (non-hydrogen) atoms. The van der Waals surface area contributed by atoms with Crippen LogP contribution in [-0.4, -0.2) is 31.8 Å². The lowest BCUT2D eigenvalue weighted by Gasteiger charge is -2.26. The molecule has 0 aliphatic heterocycles. The number of hydrogen-bond acceptors (Lipinski definition) is 7. The number of nitrogens with zero attached hydrogens (tertiary/aromatic N) is 4. The zero-order valence-electron chi connectivity index (χ0n) is 20.0. The van der Waals surface area contributed by atoms with Gasteiger partial charge in [0.15, 0.2) is 11.0 Å². The van der Waals surface area contributed by atoms with Crippen LogP contribution in [0.4, 0.5) is 5.69 Å². The monoisotopic (exact) mass is 490 g/mol. The van der Waals surface area contributed by atoms with Crippen molar-refractivity contribution in [2.75, 3.05) is 12.4 Å². The minimum Gasteiger partial charge on any atom is -0.497 e. The number of aromatic amines is 1. The Hall–Kier alpha value is -3.33. The maximum absolute atomic E-state index is 12.6. The molecule has 0 amide bonds. The first-order valence-electron chi connectivity index (χ1n) is 12.1. The van der Waals surface area contributed by atoms with Crippen molar-refractivity contribution in [3.05, 3.63) is 70.5 Å². The minimum absolute atomic E-state index is 0.0851. The lowest BCUT2D eigenvalue weighted by Crippen LogP contribution is -2.19. The topological polar surface area (TPSA) is 97.7 Å². The number of para-hydroxylation sites is 1. The molecule has 5 rings (SSSR count). The number of anilines is 1. The van der Waals surface area contributed by atoms with Gasteiger partial charge in [-0.3, -0.25) is 4.79 Å². The fraction of sp³-hybridized carbons (Fsp3) is 0.385. The Balaban J connectivity index is 1.41. The van der Waals surface area contributed by atoms with Crippen LogP contribution in [0.15, 0.2) is 58.5 Å². The van der Waals surface area contributed by atoms with Gasteiger partial charge in [-0.25, -0.2) is 4.98 Å². The number of rotatable bonds is 8. The van der Waals surface area contributed by atoms with E-state index in [2.05, 4.69) is 25.1 Å². The van der Waals surface area contributed by atoms with Gasteiger partial charge in [0.25, 0.3) is 5.56 Å². The molecule has 8 nitrogen and oxygen atoms in total. The minimum atomic E-state index is -0.116. The molecule has 182 valence electrons. The number of nitrogens with one attached hydrogen (secondary N) is 2. The molecule has 0 radical (unpaired) electrons. The van der Waals surface area contributed by atoms with Crippen molar-refractivity contribution in [2.24, 2.45) is 0 Å². The number of methoxy groups -OCH3 is 1. The van der Waals surface area contributed by atoms with E-state index in [1.54, 1.807) is 24.9 Å². The summed E-state index contributed by atoms with van der Waals surface area (Å²) in [6, 6.07) is 15.7. The van der Waals surface area contributed by atoms with E-state index >= 15 is 0 Å². The average molecular weight is 491 g/mol. The molecule has 1 aliphatic carbocycles. The average Bonchev–Trinajstić information content (AvgIpc) is 3.30. The smallest absolute Gasteiger partial charge is 0.258 e. The molecule has 1 saturated carbocycles. The molecule has 0 saturated heterocycles. The highest BCUT2D eigenvalue weighted by atomic mass is 32.2. The van der Waals surface area contributed by atoms with Crippen molar-refractivity contribution in [2.45, 2.75) is 62.0 Å². The van der Waals surface area contributed by atoms with Gasteiger partial charge in [0, 0.05) is 17.8 Å². The molecule has 2 aromatic carbocycles. The Morgan fingerprint density at radius 3 is 2.80 bits per heavy atom. The van der Waals surface area contributed by atoms with E-state index in [1.165, 1.54) is 19.3 Å². The third kappa shape index (κ3) is 5.19. The fourth-order valence-electron chi connectivity index (χ4n) is 4.64. The van der Waals surface area contributed by atoms with Gasteiger partial charge in [0.05, 0.1) is 29.8 Å². The first kappa shape index (κ1) is 23.4. The van der Waals surface area contributed by atoms with Crippen molar-refractivity contribution in [3.63, 3.8) is 0 Å². The number of fused-ring (bicyclic) bond motifs is 1. The standard InChI is InChI=1S/C26H30N6O2S/c1-17(24-28-22-14-7-6-13-21(22)25(33)29-24)35-26-31-30-23(32(26)19-10-4-3-5-11-19)16-27-18-9-8-12-20(15-18)34-2/h6-9,12-15,17,19,27H,3-5,10-11,16H2,1-2H3,(H,28,29,33)/t17-/m1/s1. The fourth-order valence-corrected chi connectivity index (χ4v) is 5.63. The van der Waals surface area contributed by atoms with Crippen molar-refractivity contribution in [3.8, 4) is 5.75 Å². The van der Waals surface area contributed by atoms with Gasteiger partial charge in [0.2, 0.25) is 0 Å². The molecule has 4 aromatic rings. The van der Waals surface area contributed by atoms with E-state index < -0.39 is 0 Å². The number of benzene rings is 2. The van der Waals surface area contributed by atoms with Gasteiger partial charge >= 0.3 is 0 Å². The van der Waals surface area contributed by atoms with E-state index in [9.17, 15) is 4.79 Å². The molecule has 0 bridgehead atoms. The van der Waals surface area contributed by atoms with Crippen molar-refractivity contribution in [1.29, 1.82) is 0 Å². The van der Waals surface area contributed by atoms with Gasteiger partial charge in [-0.05, 0) is 44.0 Å². The molecule has 2 aromatic heterocycles. The molecule has 1 fully saturated rings. The molecule has 0 spiro atoms. The van der Waals surface area contributed by atoms with Crippen LogP contribution in [0.5, 0.6) is 5.75 Å². The normalized spacial score (nSPS) is 15.3. The highest BCUT2D eigenvalue weighted by Gasteiger charge is 2.25. The van der Waals surface area contributed by atoms with Gasteiger partial charge < -0.3 is 19.6 Å². The number of thioether (sulfide) groups is 1. The summed E-state index contributed by atoms with van der Waals surface area (Å²) in [6.45, 7) is 2.61. The SMILES string of the molecule is COc1cccc(NCc2nnc(S[C@H](C)c3nc4ccccc4c(=O)[nH]3)n2C2CCCCC2)c1. The van der Waals surface area contributed by atoms with Crippen LogP contribution in [0, 0.1) is 0 Å². The summed E-state index contributed by atoms with van der Waals surface area (Å²) in [5, 5.41) is 14.0. The van der Waals surface area contributed by atoms with Gasteiger partial charge in [-0.2, -0.15) is 0 Å². The van der Waals surface area contributed by atoms with Gasteiger partial charge in [-0.1, -0.05) is 49.2 Å². The summed E-state index contributed by atoms with van der Waals surface area (Å²) in [5.41, 5.74) is 1.56. The largest absolute Gasteiger partial charge is 0.497 e. The molecule has 0 unspecified atom stereocenters. The summed E-state index contributed by atoms with van der Waals surface area (Å²) < 4.78 is 7.64. The van der Waals surface area contributed by atoms with Gasteiger partial charge in [0.1, 0.15) is 11.6 Å². The molecular weight excluding hydrogens is 460 g/mol. The summed E-state index contributed by atoms with van der Waals surface area (Å²) in [4.78, 5) is 20.3. The predicted molar refractivity (Wildman–Crippen MR) is 139 cm³/mol. The zero-order valence-corrected chi connectivity index (χ0v) is 20.8. The number of hydrogen-bond donors (Lipinski definition) is 2. The van der Waals surface area contributed by atoms with Crippen LogP contribution < -0.4 is 15.6 Å². The third-order valence-corrected chi connectivity index (χ3v) is 7.56. The molecule has 2 heterocycles. The maximum Gasteiger partial charge on any atom is 0.258 e. The van der Waals surface area contributed by atoms with Crippen LogP contribution >= 0.6 is 11.8 Å². The maximum atomic E-state index is 12.6. The summed E-state index contributed by atoms with van der Waals surface area (Å²) in [5.74, 6) is 2.37. The zero-order chi connectivity index (χ0) is 24.2. The Labute approximate surface area is 208 Å². The van der Waals surface area contributed by atoms with Crippen molar-refractivity contribution in [1.82, 2.24) is 24.7 Å². The molecule has 9 heteroatoms. The third-order valence-electron chi connectivity index (χ3n) is 6.49. The first-order valence-corrected chi connectivity index (χ1v) is 13.0. The highest BCUT2D eigenvalue weighted by molar-refractivity contribution is 7.99. The Morgan fingerprint density at radius 1 is 1.14 bits per heavy atom. The Kier molecular flexibility index (Phi) is 7.03. The van der Waals surface area contributed by atoms with Crippen LogP contribution in [-0.2, 0) is 6.54 Å². The van der Waals surface area contributed by atoms with E-state index in [1.807, 2.05) is 49.4 Å². The van der Waals surface area contributed by atoms with E-state index in [0.717, 1.165) is 35.3 Å². The first-order chi connectivity index (χ1) is 17.1. The summed E-state index contributed by atoms with van der Waals surface area (Å²) in [6.07, 6.45) is 5.95. The van der Waals surface area contributed by atoms with Gasteiger partial charge in [-0.15, -0.1) is 10.2 Å². The van der Waals surface area contributed by atoms with Crippen LogP contribution in [0.25, 0.3) is 10.9 Å². The second kappa shape index (κ2) is 10.5. The molecular formula is C26H30N6O2S. The number of H-pyrrole nitrogens is 1. The van der Waals surface area contributed by atoms with E-state index in [0.29, 0.717) is 29.3 Å². The van der Waals surface area contributed by atoms with Crippen LogP contribution in [0.2, 0.25) is 0 Å². The van der Waals surface area contributed by atoms with Crippen molar-refractivity contribution < 1.29 is 4.74 Å². The molecule has 1 aliphatic rings. The summed E-state index contributed by atoms with van der Waals surface area (Å²) in [7, 11) is 1.67. The van der Waals surface area contributed by atoms with E-state index in [-0.39, 0.29) is 10.8 Å².